The summed E-state index contributed by atoms with van der Waals surface area (Å²) >= 11 is 1.10. The van der Waals surface area contributed by atoms with Crippen molar-refractivity contribution in [2.24, 2.45) is 0 Å². The SMILES string of the molecule is C=COC(=O)COc1ccc(SC(=O)c2ccc(C#Cc3ccc(OCCCCOC(=O)C=C)cc3)cc2)cc1. The molecule has 0 atom stereocenters. The van der Waals surface area contributed by atoms with Crippen molar-refractivity contribution in [1.29, 1.82) is 0 Å². The van der Waals surface area contributed by atoms with Crippen LogP contribution in [0, 0.1) is 11.8 Å². The van der Waals surface area contributed by atoms with E-state index in [-0.39, 0.29) is 11.7 Å². The first-order valence-corrected chi connectivity index (χ1v) is 13.2. The van der Waals surface area contributed by atoms with Gasteiger partial charge >= 0.3 is 11.9 Å². The van der Waals surface area contributed by atoms with Crippen LogP contribution in [0.3, 0.4) is 0 Å². The minimum absolute atomic E-state index is 0.101. The van der Waals surface area contributed by atoms with E-state index in [1.807, 2.05) is 36.4 Å². The monoisotopic (exact) mass is 556 g/mol. The van der Waals surface area contributed by atoms with Crippen LogP contribution in [-0.4, -0.2) is 36.9 Å². The van der Waals surface area contributed by atoms with Crippen LogP contribution in [-0.2, 0) is 19.1 Å². The highest BCUT2D eigenvalue weighted by molar-refractivity contribution is 8.14. The number of ether oxygens (including phenoxy) is 4. The van der Waals surface area contributed by atoms with Gasteiger partial charge in [-0.15, -0.1) is 0 Å². The van der Waals surface area contributed by atoms with Crippen LogP contribution < -0.4 is 9.47 Å². The van der Waals surface area contributed by atoms with E-state index in [9.17, 15) is 14.4 Å². The molecule has 0 radical (unpaired) electrons. The van der Waals surface area contributed by atoms with Crippen LogP contribution in [0.15, 0.2) is 103 Å². The molecule has 0 amide bonds. The van der Waals surface area contributed by atoms with E-state index in [1.54, 1.807) is 36.4 Å². The molecule has 0 aliphatic heterocycles. The molecule has 3 aromatic rings. The third-order valence-corrected chi connectivity index (χ3v) is 6.08. The van der Waals surface area contributed by atoms with Gasteiger partial charge in [0.1, 0.15) is 11.5 Å². The van der Waals surface area contributed by atoms with Gasteiger partial charge in [0.2, 0.25) is 5.12 Å². The first kappa shape index (κ1) is 29.8. The summed E-state index contributed by atoms with van der Waals surface area (Å²) in [6.45, 7) is 7.30. The smallest absolute Gasteiger partial charge is 0.348 e. The fraction of sp³-hybridized carbons (Fsp3) is 0.156. The van der Waals surface area contributed by atoms with Gasteiger partial charge in [0, 0.05) is 27.7 Å². The van der Waals surface area contributed by atoms with Crippen molar-refractivity contribution >= 4 is 28.8 Å². The summed E-state index contributed by atoms with van der Waals surface area (Å²) in [6, 6.07) is 21.4. The van der Waals surface area contributed by atoms with Gasteiger partial charge in [0.25, 0.3) is 0 Å². The summed E-state index contributed by atoms with van der Waals surface area (Å²) < 4.78 is 20.5. The number of unbranched alkanes of at least 4 members (excludes halogenated alkanes) is 1. The largest absolute Gasteiger partial charge is 0.494 e. The molecule has 3 aromatic carbocycles. The number of benzene rings is 3. The number of carbonyl (C=O) groups excluding carboxylic acids is 3. The molecule has 0 aliphatic carbocycles. The maximum absolute atomic E-state index is 12.7. The predicted octanol–water partition coefficient (Wildman–Crippen LogP) is 5.97. The molecule has 0 aromatic heterocycles. The van der Waals surface area contributed by atoms with E-state index in [1.165, 1.54) is 0 Å². The lowest BCUT2D eigenvalue weighted by Gasteiger charge is -2.06. The fourth-order valence-corrected chi connectivity index (χ4v) is 3.87. The van der Waals surface area contributed by atoms with Crippen LogP contribution in [0.25, 0.3) is 0 Å². The number of esters is 2. The molecule has 0 unspecified atom stereocenters. The molecule has 8 heteroatoms. The zero-order valence-electron chi connectivity index (χ0n) is 21.8. The van der Waals surface area contributed by atoms with Crippen molar-refractivity contribution in [1.82, 2.24) is 0 Å². The Morgan fingerprint density at radius 2 is 1.32 bits per heavy atom. The minimum Gasteiger partial charge on any atom is -0.494 e. The Labute approximate surface area is 237 Å². The van der Waals surface area contributed by atoms with E-state index in [0.29, 0.717) is 30.9 Å². The number of carbonyl (C=O) groups is 3. The molecular weight excluding hydrogens is 528 g/mol. The van der Waals surface area contributed by atoms with E-state index < -0.39 is 11.9 Å². The predicted molar refractivity (Wildman–Crippen MR) is 153 cm³/mol. The summed E-state index contributed by atoms with van der Waals surface area (Å²) in [5.41, 5.74) is 2.18. The third kappa shape index (κ3) is 10.6. The Kier molecular flexibility index (Phi) is 12.1. The van der Waals surface area contributed by atoms with Gasteiger partial charge in [0.15, 0.2) is 6.61 Å². The standard InChI is InChI=1S/C32H28O7S/c1-3-30(33)38-22-6-5-21-37-27-15-11-25(12-16-27)8-7-24-9-13-26(14-10-24)32(35)40-29-19-17-28(18-20-29)39-23-31(34)36-4-2/h3-4,9-20H,1-2,5-6,21-23H2. The molecule has 40 heavy (non-hydrogen) atoms. The first-order valence-electron chi connectivity index (χ1n) is 12.4. The molecule has 3 rings (SSSR count). The van der Waals surface area contributed by atoms with Crippen molar-refractivity contribution < 1.29 is 33.3 Å². The topological polar surface area (TPSA) is 88.1 Å². The Morgan fingerprint density at radius 1 is 0.750 bits per heavy atom. The molecule has 0 spiro atoms. The molecule has 0 aliphatic rings. The molecule has 0 saturated heterocycles. The van der Waals surface area contributed by atoms with Crippen LogP contribution >= 0.6 is 11.8 Å². The van der Waals surface area contributed by atoms with E-state index in [0.717, 1.165) is 52.3 Å². The van der Waals surface area contributed by atoms with Gasteiger partial charge in [0.05, 0.1) is 19.5 Å². The lowest BCUT2D eigenvalue weighted by molar-refractivity contribution is -0.140. The molecular formula is C32H28O7S. The van der Waals surface area contributed by atoms with Gasteiger partial charge in [-0.2, -0.15) is 0 Å². The van der Waals surface area contributed by atoms with Gasteiger partial charge in [-0.05, 0) is 97.4 Å². The molecule has 0 N–H and O–H groups in total. The molecule has 0 saturated carbocycles. The summed E-state index contributed by atoms with van der Waals surface area (Å²) in [6.07, 6.45) is 3.67. The molecule has 204 valence electrons. The second-order valence-corrected chi connectivity index (χ2v) is 9.13. The number of hydrogen-bond acceptors (Lipinski definition) is 8. The molecule has 0 fully saturated rings. The first-order chi connectivity index (χ1) is 19.5. The number of rotatable bonds is 13. The lowest BCUT2D eigenvalue weighted by Crippen LogP contribution is -2.11. The van der Waals surface area contributed by atoms with Crippen molar-refractivity contribution in [2.75, 3.05) is 19.8 Å². The van der Waals surface area contributed by atoms with Crippen molar-refractivity contribution in [3.8, 4) is 23.3 Å². The van der Waals surface area contributed by atoms with Crippen LogP contribution in [0.2, 0.25) is 0 Å². The summed E-state index contributed by atoms with van der Waals surface area (Å²) in [4.78, 5) is 35.7. The zero-order chi connectivity index (χ0) is 28.6. The molecule has 7 nitrogen and oxygen atoms in total. The maximum atomic E-state index is 12.7. The minimum atomic E-state index is -0.547. The van der Waals surface area contributed by atoms with E-state index in [4.69, 9.17) is 14.2 Å². The Balaban J connectivity index is 1.44. The van der Waals surface area contributed by atoms with E-state index in [2.05, 4.69) is 29.7 Å². The average molecular weight is 557 g/mol. The maximum Gasteiger partial charge on any atom is 0.348 e. The van der Waals surface area contributed by atoms with Crippen LogP contribution in [0.5, 0.6) is 11.5 Å². The van der Waals surface area contributed by atoms with Gasteiger partial charge in [-0.25, -0.2) is 9.59 Å². The lowest BCUT2D eigenvalue weighted by atomic mass is 10.1. The zero-order valence-corrected chi connectivity index (χ0v) is 22.6. The Bertz CT molecular complexity index is 1370. The van der Waals surface area contributed by atoms with Crippen LogP contribution in [0.4, 0.5) is 0 Å². The fourth-order valence-electron chi connectivity index (χ4n) is 3.13. The van der Waals surface area contributed by atoms with Crippen LogP contribution in [0.1, 0.15) is 34.3 Å². The Hall–Kier alpha value is -4.74. The van der Waals surface area contributed by atoms with Crippen molar-refractivity contribution in [2.45, 2.75) is 17.7 Å². The van der Waals surface area contributed by atoms with Crippen molar-refractivity contribution in [3.05, 3.63) is 115 Å². The normalized spacial score (nSPS) is 9.90. The molecule has 0 bridgehead atoms. The highest BCUT2D eigenvalue weighted by Gasteiger charge is 2.09. The number of hydrogen-bond donors (Lipinski definition) is 0. The quantitative estimate of drug-likeness (QED) is 0.0635. The summed E-state index contributed by atoms with van der Waals surface area (Å²) in [5.74, 6) is 6.47. The van der Waals surface area contributed by atoms with Gasteiger partial charge < -0.3 is 18.9 Å². The molecule has 0 heterocycles. The average Bonchev–Trinajstić information content (AvgIpc) is 2.98. The van der Waals surface area contributed by atoms with E-state index >= 15 is 0 Å². The number of thioether (sulfide) groups is 1. The highest BCUT2D eigenvalue weighted by atomic mass is 32.2. The third-order valence-electron chi connectivity index (χ3n) is 5.15. The second-order valence-electron chi connectivity index (χ2n) is 8.09. The van der Waals surface area contributed by atoms with Gasteiger partial charge in [-0.3, -0.25) is 4.79 Å². The Morgan fingerprint density at radius 3 is 1.95 bits per heavy atom. The van der Waals surface area contributed by atoms with Gasteiger partial charge in [-0.1, -0.05) is 25.0 Å². The highest BCUT2D eigenvalue weighted by Crippen LogP contribution is 2.25. The van der Waals surface area contributed by atoms with Crippen molar-refractivity contribution in [3.63, 3.8) is 0 Å². The summed E-state index contributed by atoms with van der Waals surface area (Å²) in [7, 11) is 0. The second kappa shape index (κ2) is 16.3. The summed E-state index contributed by atoms with van der Waals surface area (Å²) in [5, 5.41) is -0.101.